The Morgan fingerprint density at radius 2 is 2.06 bits per heavy atom. The summed E-state index contributed by atoms with van der Waals surface area (Å²) in [6.07, 6.45) is 4.13. The number of hydrogen-bond donors (Lipinski definition) is 4. The third kappa shape index (κ3) is 4.29. The number of allylic oxidation sites excluding steroid dienone is 1. The van der Waals surface area contributed by atoms with E-state index in [1.165, 1.54) is 28.0 Å². The van der Waals surface area contributed by atoms with Crippen LogP contribution in [0.2, 0.25) is 0 Å². The number of oxime groups is 1. The number of pyridine rings is 1. The zero-order chi connectivity index (χ0) is 25.4. The van der Waals surface area contributed by atoms with E-state index in [1.54, 1.807) is 12.4 Å². The van der Waals surface area contributed by atoms with Crippen LogP contribution >= 0.6 is 34.6 Å². The summed E-state index contributed by atoms with van der Waals surface area (Å²) in [6.45, 7) is 0. The van der Waals surface area contributed by atoms with Gasteiger partial charge in [0.2, 0.25) is 11.5 Å². The molecule has 0 saturated carbocycles. The van der Waals surface area contributed by atoms with Crippen LogP contribution in [0.5, 0.6) is 0 Å². The van der Waals surface area contributed by atoms with E-state index >= 15 is 0 Å². The number of amides is 2. The average Bonchev–Trinajstić information content (AvgIpc) is 3.52. The number of nitrogens with zero attached hydrogens (tertiary/aromatic N) is 6. The molecule has 16 heteroatoms. The highest BCUT2D eigenvalue weighted by molar-refractivity contribution is 8.04. The Morgan fingerprint density at radius 3 is 2.72 bits per heavy atom. The zero-order valence-corrected chi connectivity index (χ0v) is 20.5. The summed E-state index contributed by atoms with van der Waals surface area (Å²) in [5.74, 6) is -2.88. The molecule has 3 aromatic heterocycles. The first kappa shape index (κ1) is 23.8. The molecule has 0 bridgehead atoms. The summed E-state index contributed by atoms with van der Waals surface area (Å²) in [4.78, 5) is 51.7. The third-order valence-electron chi connectivity index (χ3n) is 5.52. The van der Waals surface area contributed by atoms with E-state index in [0.717, 1.165) is 22.8 Å². The lowest BCUT2D eigenvalue weighted by atomic mass is 9.86. The van der Waals surface area contributed by atoms with E-state index in [0.29, 0.717) is 22.1 Å². The van der Waals surface area contributed by atoms with Crippen molar-refractivity contribution in [3.05, 3.63) is 46.3 Å². The molecule has 184 valence electrons. The number of nitrogens with two attached hydrogens (primary N) is 1. The number of carboxylic acid groups (broad SMARTS) is 1. The minimum atomic E-state index is -1.24. The van der Waals surface area contributed by atoms with Crippen LogP contribution in [0.15, 0.2) is 50.0 Å². The highest BCUT2D eigenvalue weighted by Crippen LogP contribution is 2.44. The van der Waals surface area contributed by atoms with E-state index in [9.17, 15) is 24.7 Å². The van der Waals surface area contributed by atoms with Gasteiger partial charge in [0.25, 0.3) is 11.8 Å². The predicted molar refractivity (Wildman–Crippen MR) is 130 cm³/mol. The maximum absolute atomic E-state index is 12.9. The first-order chi connectivity index (χ1) is 17.4. The number of thioether (sulfide) groups is 1. The molecule has 2 amide bonds. The van der Waals surface area contributed by atoms with Gasteiger partial charge in [0.05, 0.1) is 11.7 Å². The number of aliphatic carboxylic acids is 1. The number of carboxylic acids is 1. The second-order valence-corrected chi connectivity index (χ2v) is 10.6. The highest BCUT2D eigenvalue weighted by Gasteiger charge is 2.54. The van der Waals surface area contributed by atoms with Gasteiger partial charge in [-0.2, -0.15) is 9.36 Å². The molecule has 0 aromatic carbocycles. The molecule has 2 aliphatic rings. The maximum Gasteiger partial charge on any atom is 0.353 e. The van der Waals surface area contributed by atoms with Gasteiger partial charge in [0.1, 0.15) is 11.7 Å². The average molecular weight is 545 g/mol. The van der Waals surface area contributed by atoms with Crippen molar-refractivity contribution < 1.29 is 24.7 Å². The van der Waals surface area contributed by atoms with E-state index in [4.69, 9.17) is 5.73 Å². The topological polar surface area (TPSA) is 197 Å². The van der Waals surface area contributed by atoms with Crippen LogP contribution in [0.3, 0.4) is 0 Å². The minimum absolute atomic E-state index is 0.0755. The minimum Gasteiger partial charge on any atom is -0.477 e. The van der Waals surface area contributed by atoms with Crippen molar-refractivity contribution in [3.63, 3.8) is 0 Å². The Bertz CT molecular complexity index is 1420. The fourth-order valence-electron chi connectivity index (χ4n) is 3.93. The summed E-state index contributed by atoms with van der Waals surface area (Å²) in [7, 11) is 0. The number of carbonyl (C=O) groups is 3. The number of fused-ring (bicyclic) bond motifs is 1. The number of β-lactam (4-membered cyclic amide) rings is 1. The van der Waals surface area contributed by atoms with E-state index < -0.39 is 35.6 Å². The molecule has 5 rings (SSSR count). The number of aromatic nitrogens is 4. The second kappa shape index (κ2) is 9.63. The zero-order valence-electron chi connectivity index (χ0n) is 18.1. The number of hydrogen-bond acceptors (Lipinski definition) is 13. The van der Waals surface area contributed by atoms with Gasteiger partial charge in [0, 0.05) is 39.8 Å². The van der Waals surface area contributed by atoms with Crippen LogP contribution in [0.1, 0.15) is 18.7 Å². The number of nitrogens with one attached hydrogen (secondary N) is 1. The van der Waals surface area contributed by atoms with Crippen molar-refractivity contribution >= 4 is 63.3 Å². The lowest BCUT2D eigenvalue weighted by Crippen LogP contribution is -2.72. The fraction of sp³-hybridized carbons (Fsp3) is 0.200. The number of thiazole rings is 1. The molecule has 0 aliphatic carbocycles. The Labute approximate surface area is 214 Å². The molecule has 36 heavy (non-hydrogen) atoms. The molecule has 5 N–H and O–H groups in total. The molecule has 0 spiro atoms. The number of anilines is 1. The Morgan fingerprint density at radius 1 is 1.28 bits per heavy atom. The van der Waals surface area contributed by atoms with Crippen molar-refractivity contribution in [3.8, 4) is 11.3 Å². The summed E-state index contributed by atoms with van der Waals surface area (Å²) < 4.78 is 4.47. The Hall–Kier alpha value is -3.89. The molecule has 1 fully saturated rings. The summed E-state index contributed by atoms with van der Waals surface area (Å²) in [5, 5.41) is 26.5. The van der Waals surface area contributed by atoms with Crippen molar-refractivity contribution in [2.24, 2.45) is 5.16 Å². The van der Waals surface area contributed by atoms with Crippen molar-refractivity contribution in [1.29, 1.82) is 0 Å². The monoisotopic (exact) mass is 544 g/mol. The molecule has 0 unspecified atom stereocenters. The van der Waals surface area contributed by atoms with Crippen LogP contribution in [0.4, 0.5) is 5.13 Å². The summed E-state index contributed by atoms with van der Waals surface area (Å²) >= 11 is 3.40. The summed E-state index contributed by atoms with van der Waals surface area (Å²) in [5.41, 5.74) is 6.52. The van der Waals surface area contributed by atoms with Crippen LogP contribution in [0.25, 0.3) is 11.3 Å². The normalized spacial score (nSPS) is 19.6. The van der Waals surface area contributed by atoms with Gasteiger partial charge in [-0.1, -0.05) is 16.9 Å². The molecular formula is C20H16N8O5S3. The highest BCUT2D eigenvalue weighted by atomic mass is 32.2. The lowest BCUT2D eigenvalue weighted by molar-refractivity contribution is -0.155. The van der Waals surface area contributed by atoms with Gasteiger partial charge >= 0.3 is 5.97 Å². The van der Waals surface area contributed by atoms with Crippen molar-refractivity contribution in [2.45, 2.75) is 29.3 Å². The fourth-order valence-corrected chi connectivity index (χ4v) is 6.41. The molecule has 3 aromatic rings. The van der Waals surface area contributed by atoms with Gasteiger partial charge in [-0.05, 0) is 25.0 Å². The first-order valence-electron chi connectivity index (χ1n) is 10.3. The van der Waals surface area contributed by atoms with Crippen molar-refractivity contribution in [2.75, 3.05) is 5.73 Å². The van der Waals surface area contributed by atoms with Crippen LogP contribution in [-0.4, -0.2) is 70.1 Å². The Balaban J connectivity index is 1.33. The SMILES string of the molecule is Nc1nc(/C(=N\O)C(=O)N[C@@H]2C(=O)N3C(C(=O)O)=C(Sc4nc(-c5ccncc5)cs4)CC[C@H]23)ns1. The van der Waals surface area contributed by atoms with E-state index in [2.05, 4.69) is 29.8 Å². The molecule has 1 saturated heterocycles. The molecule has 13 nitrogen and oxygen atoms in total. The number of rotatable bonds is 7. The maximum atomic E-state index is 12.9. The standard InChI is InChI=1S/C20H16N8O5S3/c21-19-25-15(27-36-19)13(26-33)16(29)24-12-10-1-2-11(14(18(31)32)28(10)17(12)30)35-20-23-9(7-34-20)8-3-5-22-6-4-8/h3-7,10,12,33H,1-2H2,(H,24,29)(H,31,32)(H2,21,25,27)/b26-13+/t10-,12+/m1/s1. The van der Waals surface area contributed by atoms with Crippen LogP contribution in [-0.2, 0) is 14.4 Å². The smallest absolute Gasteiger partial charge is 0.353 e. The van der Waals surface area contributed by atoms with Crippen LogP contribution in [0, 0.1) is 0 Å². The first-order valence-corrected chi connectivity index (χ1v) is 12.8. The van der Waals surface area contributed by atoms with Crippen LogP contribution < -0.4 is 11.1 Å². The second-order valence-electron chi connectivity index (χ2n) is 7.58. The quantitative estimate of drug-likeness (QED) is 0.145. The molecule has 2 aliphatic heterocycles. The largest absolute Gasteiger partial charge is 0.477 e. The molecule has 2 atom stereocenters. The molecule has 5 heterocycles. The van der Waals surface area contributed by atoms with Gasteiger partial charge in [-0.3, -0.25) is 19.5 Å². The lowest BCUT2D eigenvalue weighted by Gasteiger charge is -2.49. The number of carbonyl (C=O) groups excluding carboxylic acids is 2. The van der Waals surface area contributed by atoms with Gasteiger partial charge < -0.3 is 21.4 Å². The third-order valence-corrected chi connectivity index (χ3v) is 8.14. The number of nitrogen functional groups attached to an aromatic ring is 1. The molecule has 0 radical (unpaired) electrons. The van der Waals surface area contributed by atoms with E-state index in [-0.39, 0.29) is 16.7 Å². The van der Waals surface area contributed by atoms with Gasteiger partial charge in [0.15, 0.2) is 9.47 Å². The summed E-state index contributed by atoms with van der Waals surface area (Å²) in [6, 6.07) is 2.12. The van der Waals surface area contributed by atoms with Gasteiger partial charge in [-0.25, -0.2) is 9.78 Å². The predicted octanol–water partition coefficient (Wildman–Crippen LogP) is 1.40. The van der Waals surface area contributed by atoms with Gasteiger partial charge in [-0.15, -0.1) is 11.3 Å². The van der Waals surface area contributed by atoms with E-state index in [1.807, 2.05) is 17.5 Å². The van der Waals surface area contributed by atoms with Crippen molar-refractivity contribution in [1.82, 2.24) is 29.5 Å². The Kier molecular flexibility index (Phi) is 6.38. The molecular weight excluding hydrogens is 528 g/mol.